The number of nitrogens with zero attached hydrogens (tertiary/aromatic N) is 1. The molecule has 0 amide bonds. The molecule has 20 heavy (non-hydrogen) atoms. The number of nitrogens with one attached hydrogen (secondary N) is 1. The van der Waals surface area contributed by atoms with Crippen LogP contribution < -0.4 is 5.32 Å². The first kappa shape index (κ1) is 15.2. The number of ether oxygens (including phenoxy) is 1. The van der Waals surface area contributed by atoms with Gasteiger partial charge in [0.2, 0.25) is 0 Å². The van der Waals surface area contributed by atoms with Gasteiger partial charge in [-0.15, -0.1) is 0 Å². The minimum atomic E-state index is -0.114. The summed E-state index contributed by atoms with van der Waals surface area (Å²) in [7, 11) is 3.62. The van der Waals surface area contributed by atoms with Crippen molar-refractivity contribution in [1.82, 2.24) is 10.2 Å². The Balaban J connectivity index is 1.98. The molecule has 110 valence electrons. The van der Waals surface area contributed by atoms with Gasteiger partial charge in [-0.25, -0.2) is 4.39 Å². The summed E-state index contributed by atoms with van der Waals surface area (Å²) < 4.78 is 19.0. The molecular formula is C16H23FN2O. The van der Waals surface area contributed by atoms with E-state index in [2.05, 4.69) is 16.3 Å². The Hall–Kier alpha value is -1.23. The Morgan fingerprint density at radius 1 is 1.40 bits per heavy atom. The summed E-state index contributed by atoms with van der Waals surface area (Å²) in [5.41, 5.74) is 3.24. The third-order valence-electron chi connectivity index (χ3n) is 3.60. The van der Waals surface area contributed by atoms with Crippen molar-refractivity contribution in [2.24, 2.45) is 0 Å². The van der Waals surface area contributed by atoms with Gasteiger partial charge in [0.05, 0.1) is 6.61 Å². The molecule has 0 fully saturated rings. The van der Waals surface area contributed by atoms with Gasteiger partial charge < -0.3 is 10.1 Å². The highest BCUT2D eigenvalue weighted by atomic mass is 19.1. The SMILES string of the molecule is CNCc1ccc(F)c(CN2CC=C(COC)CC2)c1. The lowest BCUT2D eigenvalue weighted by Gasteiger charge is -2.26. The van der Waals surface area contributed by atoms with Gasteiger partial charge in [-0.3, -0.25) is 4.90 Å². The molecular weight excluding hydrogens is 255 g/mol. The standard InChI is InChI=1S/C16H23FN2O/c1-18-10-14-3-4-16(17)15(9-14)11-19-7-5-13(6-8-19)12-20-2/h3-5,9,18H,6-8,10-12H2,1-2H3. The van der Waals surface area contributed by atoms with Crippen molar-refractivity contribution in [3.05, 3.63) is 46.8 Å². The van der Waals surface area contributed by atoms with Gasteiger partial charge in [0.1, 0.15) is 5.82 Å². The molecule has 0 aromatic heterocycles. The molecule has 1 aromatic carbocycles. The van der Waals surface area contributed by atoms with Crippen LogP contribution in [0, 0.1) is 5.82 Å². The van der Waals surface area contributed by atoms with Gasteiger partial charge in [-0.2, -0.15) is 0 Å². The van der Waals surface area contributed by atoms with Crippen LogP contribution in [0.3, 0.4) is 0 Å². The quantitative estimate of drug-likeness (QED) is 0.808. The van der Waals surface area contributed by atoms with Crippen molar-refractivity contribution in [1.29, 1.82) is 0 Å². The largest absolute Gasteiger partial charge is 0.380 e. The van der Waals surface area contributed by atoms with Crippen LogP contribution in [0.15, 0.2) is 29.8 Å². The van der Waals surface area contributed by atoms with E-state index in [1.54, 1.807) is 13.2 Å². The fourth-order valence-electron chi connectivity index (χ4n) is 2.52. The molecule has 3 nitrogen and oxygen atoms in total. The van der Waals surface area contributed by atoms with Crippen molar-refractivity contribution >= 4 is 0 Å². The van der Waals surface area contributed by atoms with E-state index < -0.39 is 0 Å². The number of hydrogen-bond acceptors (Lipinski definition) is 3. The molecule has 1 aliphatic rings. The summed E-state index contributed by atoms with van der Waals surface area (Å²) in [6.07, 6.45) is 3.20. The molecule has 0 bridgehead atoms. The molecule has 1 heterocycles. The topological polar surface area (TPSA) is 24.5 Å². The van der Waals surface area contributed by atoms with E-state index in [0.717, 1.165) is 37.2 Å². The lowest BCUT2D eigenvalue weighted by molar-refractivity contribution is 0.210. The average Bonchev–Trinajstić information content (AvgIpc) is 2.45. The Bertz CT molecular complexity index is 474. The molecule has 0 saturated heterocycles. The van der Waals surface area contributed by atoms with Crippen molar-refractivity contribution in [2.75, 3.05) is 33.9 Å². The van der Waals surface area contributed by atoms with Crippen molar-refractivity contribution in [3.8, 4) is 0 Å². The molecule has 4 heteroatoms. The predicted octanol–water partition coefficient (Wildman–Crippen LogP) is 2.32. The van der Waals surface area contributed by atoms with E-state index in [9.17, 15) is 4.39 Å². The van der Waals surface area contributed by atoms with Crippen LogP contribution in [0.25, 0.3) is 0 Å². The van der Waals surface area contributed by atoms with Crippen LogP contribution >= 0.6 is 0 Å². The number of benzene rings is 1. The molecule has 1 N–H and O–H groups in total. The van der Waals surface area contributed by atoms with Gasteiger partial charge in [0, 0.05) is 38.9 Å². The molecule has 0 unspecified atom stereocenters. The lowest BCUT2D eigenvalue weighted by Crippen LogP contribution is -2.29. The highest BCUT2D eigenvalue weighted by Gasteiger charge is 2.14. The number of hydrogen-bond donors (Lipinski definition) is 1. The monoisotopic (exact) mass is 278 g/mol. The Morgan fingerprint density at radius 2 is 2.25 bits per heavy atom. The predicted molar refractivity (Wildman–Crippen MR) is 79.0 cm³/mol. The first-order valence-corrected chi connectivity index (χ1v) is 7.04. The van der Waals surface area contributed by atoms with Crippen LogP contribution in [0.4, 0.5) is 4.39 Å². The summed E-state index contributed by atoms with van der Waals surface area (Å²) in [6.45, 7) is 3.98. The van der Waals surface area contributed by atoms with Crippen LogP contribution in [0.2, 0.25) is 0 Å². The fraction of sp³-hybridized carbons (Fsp3) is 0.500. The van der Waals surface area contributed by atoms with Crippen LogP contribution in [-0.2, 0) is 17.8 Å². The summed E-state index contributed by atoms with van der Waals surface area (Å²) >= 11 is 0. The lowest BCUT2D eigenvalue weighted by atomic mass is 10.1. The molecule has 0 spiro atoms. The third kappa shape index (κ3) is 4.13. The van der Waals surface area contributed by atoms with Crippen LogP contribution in [-0.4, -0.2) is 38.8 Å². The highest BCUT2D eigenvalue weighted by molar-refractivity contribution is 5.25. The van der Waals surface area contributed by atoms with Gasteiger partial charge in [0.25, 0.3) is 0 Å². The summed E-state index contributed by atoms with van der Waals surface area (Å²) in [4.78, 5) is 2.26. The first-order valence-electron chi connectivity index (χ1n) is 7.04. The molecule has 0 aliphatic carbocycles. The second-order valence-electron chi connectivity index (χ2n) is 5.24. The van der Waals surface area contributed by atoms with Crippen LogP contribution in [0.1, 0.15) is 17.5 Å². The second-order valence-corrected chi connectivity index (χ2v) is 5.24. The maximum absolute atomic E-state index is 13.9. The maximum Gasteiger partial charge on any atom is 0.127 e. The fourth-order valence-corrected chi connectivity index (χ4v) is 2.52. The van der Waals surface area contributed by atoms with E-state index in [1.807, 2.05) is 19.2 Å². The van der Waals surface area contributed by atoms with E-state index in [1.165, 1.54) is 5.57 Å². The summed E-state index contributed by atoms with van der Waals surface area (Å²) in [6, 6.07) is 5.36. The summed E-state index contributed by atoms with van der Waals surface area (Å²) in [5.74, 6) is -0.114. The van der Waals surface area contributed by atoms with Crippen molar-refractivity contribution < 1.29 is 9.13 Å². The highest BCUT2D eigenvalue weighted by Crippen LogP contribution is 2.17. The second kappa shape index (κ2) is 7.53. The zero-order valence-corrected chi connectivity index (χ0v) is 12.3. The molecule has 0 saturated carbocycles. The molecule has 1 aromatic rings. The van der Waals surface area contributed by atoms with Crippen LogP contribution in [0.5, 0.6) is 0 Å². The number of methoxy groups -OCH3 is 1. The minimum absolute atomic E-state index is 0.114. The third-order valence-corrected chi connectivity index (χ3v) is 3.60. The van der Waals surface area contributed by atoms with Crippen molar-refractivity contribution in [3.63, 3.8) is 0 Å². The van der Waals surface area contributed by atoms with Crippen molar-refractivity contribution in [2.45, 2.75) is 19.5 Å². The number of rotatable bonds is 6. The zero-order valence-electron chi connectivity index (χ0n) is 12.3. The number of halogens is 1. The molecule has 2 rings (SSSR count). The van der Waals surface area contributed by atoms with Gasteiger partial charge in [-0.1, -0.05) is 18.2 Å². The zero-order chi connectivity index (χ0) is 14.4. The van der Waals surface area contributed by atoms with Gasteiger partial charge in [-0.05, 0) is 30.7 Å². The molecule has 0 atom stereocenters. The Morgan fingerprint density at radius 3 is 2.90 bits per heavy atom. The Labute approximate surface area is 120 Å². The van der Waals surface area contributed by atoms with Gasteiger partial charge >= 0.3 is 0 Å². The minimum Gasteiger partial charge on any atom is -0.380 e. The van der Waals surface area contributed by atoms with Gasteiger partial charge in [0.15, 0.2) is 0 Å². The molecule has 0 radical (unpaired) electrons. The Kier molecular flexibility index (Phi) is 5.71. The molecule has 1 aliphatic heterocycles. The average molecular weight is 278 g/mol. The first-order chi connectivity index (χ1) is 9.72. The maximum atomic E-state index is 13.9. The smallest absolute Gasteiger partial charge is 0.127 e. The van der Waals surface area contributed by atoms with E-state index in [-0.39, 0.29) is 5.82 Å². The normalized spacial score (nSPS) is 16.2. The van der Waals surface area contributed by atoms with E-state index >= 15 is 0 Å². The summed E-state index contributed by atoms with van der Waals surface area (Å²) in [5, 5.41) is 3.09. The van der Waals surface area contributed by atoms with E-state index in [4.69, 9.17) is 4.74 Å². The van der Waals surface area contributed by atoms with E-state index in [0.29, 0.717) is 13.2 Å².